The number of nitrogens with zero attached hydrogens (tertiary/aromatic N) is 2. The van der Waals surface area contributed by atoms with Gasteiger partial charge < -0.3 is 16.0 Å². The predicted octanol–water partition coefficient (Wildman–Crippen LogP) is 1.93. The summed E-state index contributed by atoms with van der Waals surface area (Å²) in [5.41, 5.74) is 8.38. The van der Waals surface area contributed by atoms with Gasteiger partial charge in [-0.3, -0.25) is 9.69 Å². The van der Waals surface area contributed by atoms with Crippen molar-refractivity contribution in [1.82, 2.24) is 9.80 Å². The smallest absolute Gasteiger partial charge is 0.241 e. The van der Waals surface area contributed by atoms with Crippen LogP contribution in [0, 0.1) is 6.92 Å². The van der Waals surface area contributed by atoms with E-state index in [0.29, 0.717) is 11.7 Å². The molecular formula is C17H28N4O. The van der Waals surface area contributed by atoms with E-state index in [9.17, 15) is 4.79 Å². The Hall–Kier alpha value is -1.59. The van der Waals surface area contributed by atoms with Gasteiger partial charge in [0, 0.05) is 17.4 Å². The molecule has 0 radical (unpaired) electrons. The van der Waals surface area contributed by atoms with Crippen LogP contribution in [0.3, 0.4) is 0 Å². The largest absolute Gasteiger partial charge is 0.398 e. The number of nitrogens with one attached hydrogen (secondary N) is 1. The van der Waals surface area contributed by atoms with Gasteiger partial charge in [-0.15, -0.1) is 0 Å². The van der Waals surface area contributed by atoms with Gasteiger partial charge in [-0.2, -0.15) is 0 Å². The summed E-state index contributed by atoms with van der Waals surface area (Å²) >= 11 is 0. The Labute approximate surface area is 133 Å². The first-order valence-corrected chi connectivity index (χ1v) is 7.96. The minimum Gasteiger partial charge on any atom is -0.398 e. The molecule has 1 aliphatic heterocycles. The molecule has 1 atom stereocenters. The Balaban J connectivity index is 1.94. The quantitative estimate of drug-likeness (QED) is 0.835. The summed E-state index contributed by atoms with van der Waals surface area (Å²) in [4.78, 5) is 17.0. The summed E-state index contributed by atoms with van der Waals surface area (Å²) in [5, 5.41) is 2.97. The van der Waals surface area contributed by atoms with Gasteiger partial charge in [0.1, 0.15) is 0 Å². The first-order valence-electron chi connectivity index (χ1n) is 7.96. The van der Waals surface area contributed by atoms with Gasteiger partial charge in [-0.25, -0.2) is 0 Å². The van der Waals surface area contributed by atoms with Gasteiger partial charge in [0.2, 0.25) is 5.91 Å². The number of rotatable bonds is 4. The molecule has 5 heteroatoms. The molecule has 2 rings (SSSR count). The molecule has 0 spiro atoms. The number of amides is 1. The van der Waals surface area contributed by atoms with E-state index in [1.807, 2.05) is 39.1 Å². The molecule has 1 fully saturated rings. The van der Waals surface area contributed by atoms with E-state index in [1.54, 1.807) is 0 Å². The van der Waals surface area contributed by atoms with Crippen LogP contribution in [0.15, 0.2) is 18.2 Å². The molecule has 0 bridgehead atoms. The molecule has 1 aliphatic rings. The van der Waals surface area contributed by atoms with Crippen molar-refractivity contribution in [2.45, 2.75) is 38.8 Å². The third-order valence-electron chi connectivity index (χ3n) is 4.80. The number of aryl methyl sites for hydroxylation is 1. The topological polar surface area (TPSA) is 61.6 Å². The third kappa shape index (κ3) is 3.99. The van der Waals surface area contributed by atoms with Gasteiger partial charge in [0.25, 0.3) is 0 Å². The second-order valence-electron chi connectivity index (χ2n) is 6.44. The highest BCUT2D eigenvalue weighted by Crippen LogP contribution is 2.19. The molecule has 0 aliphatic carbocycles. The lowest BCUT2D eigenvalue weighted by Gasteiger charge is -2.37. The molecule has 1 amide bonds. The zero-order valence-corrected chi connectivity index (χ0v) is 14.1. The number of hydrogen-bond acceptors (Lipinski definition) is 4. The number of piperidine rings is 1. The number of nitrogens with two attached hydrogens (primary N) is 1. The maximum absolute atomic E-state index is 12.5. The van der Waals surface area contributed by atoms with Gasteiger partial charge in [-0.1, -0.05) is 6.07 Å². The number of anilines is 2. The average molecular weight is 304 g/mol. The van der Waals surface area contributed by atoms with Crippen LogP contribution < -0.4 is 11.1 Å². The maximum Gasteiger partial charge on any atom is 0.241 e. The molecule has 1 unspecified atom stereocenters. The van der Waals surface area contributed by atoms with Crippen molar-refractivity contribution < 1.29 is 4.79 Å². The fraction of sp³-hybridized carbons (Fsp3) is 0.588. The van der Waals surface area contributed by atoms with Crippen molar-refractivity contribution in [2.75, 3.05) is 38.2 Å². The highest BCUT2D eigenvalue weighted by Gasteiger charge is 2.27. The number of likely N-dealkylation sites (tertiary alicyclic amines) is 1. The highest BCUT2D eigenvalue weighted by atomic mass is 16.2. The summed E-state index contributed by atoms with van der Waals surface area (Å²) in [6, 6.07) is 5.95. The fourth-order valence-corrected chi connectivity index (χ4v) is 2.87. The monoisotopic (exact) mass is 304 g/mol. The van der Waals surface area contributed by atoms with Gasteiger partial charge in [0.05, 0.1) is 6.04 Å². The Morgan fingerprint density at radius 2 is 2.05 bits per heavy atom. The molecule has 0 aromatic heterocycles. The number of likely N-dealkylation sites (N-methyl/N-ethyl adjacent to an activating group) is 1. The third-order valence-corrected chi connectivity index (χ3v) is 4.80. The van der Waals surface area contributed by atoms with Gasteiger partial charge in [-0.05, 0) is 71.6 Å². The van der Waals surface area contributed by atoms with Crippen LogP contribution in [0.1, 0.15) is 25.3 Å². The molecule has 5 nitrogen and oxygen atoms in total. The van der Waals surface area contributed by atoms with E-state index >= 15 is 0 Å². The van der Waals surface area contributed by atoms with Gasteiger partial charge >= 0.3 is 0 Å². The van der Waals surface area contributed by atoms with Crippen LogP contribution in [0.5, 0.6) is 0 Å². The zero-order valence-electron chi connectivity index (χ0n) is 14.1. The highest BCUT2D eigenvalue weighted by molar-refractivity contribution is 5.95. The molecule has 1 aromatic rings. The van der Waals surface area contributed by atoms with Crippen molar-refractivity contribution in [3.05, 3.63) is 23.8 Å². The summed E-state index contributed by atoms with van der Waals surface area (Å²) in [5.74, 6) is 0.0182. The summed E-state index contributed by atoms with van der Waals surface area (Å²) in [6.45, 7) is 6.11. The fourth-order valence-electron chi connectivity index (χ4n) is 2.87. The van der Waals surface area contributed by atoms with Crippen LogP contribution in [0.2, 0.25) is 0 Å². The van der Waals surface area contributed by atoms with E-state index in [-0.39, 0.29) is 11.9 Å². The number of carbonyl (C=O) groups is 1. The Kier molecular flexibility index (Phi) is 5.42. The molecule has 1 aromatic carbocycles. The first kappa shape index (κ1) is 16.8. The van der Waals surface area contributed by atoms with Gasteiger partial charge in [0.15, 0.2) is 0 Å². The van der Waals surface area contributed by atoms with Crippen LogP contribution >= 0.6 is 0 Å². The normalized spacial score (nSPS) is 18.4. The zero-order chi connectivity index (χ0) is 16.3. The Morgan fingerprint density at radius 3 is 2.64 bits per heavy atom. The lowest BCUT2D eigenvalue weighted by atomic mass is 10.0. The molecule has 0 saturated carbocycles. The van der Waals surface area contributed by atoms with Crippen molar-refractivity contribution in [3.63, 3.8) is 0 Å². The van der Waals surface area contributed by atoms with Crippen molar-refractivity contribution in [1.29, 1.82) is 0 Å². The molecule has 3 N–H and O–H groups in total. The van der Waals surface area contributed by atoms with Crippen molar-refractivity contribution in [3.8, 4) is 0 Å². The molecular weight excluding hydrogens is 276 g/mol. The molecule has 22 heavy (non-hydrogen) atoms. The average Bonchev–Trinajstić information content (AvgIpc) is 2.50. The Bertz CT molecular complexity index is 523. The second-order valence-corrected chi connectivity index (χ2v) is 6.44. The first-order chi connectivity index (χ1) is 10.4. The predicted molar refractivity (Wildman–Crippen MR) is 92.0 cm³/mol. The number of benzene rings is 1. The molecule has 122 valence electrons. The van der Waals surface area contributed by atoms with E-state index in [2.05, 4.69) is 22.2 Å². The van der Waals surface area contributed by atoms with E-state index in [0.717, 1.165) is 37.2 Å². The lowest BCUT2D eigenvalue weighted by molar-refractivity contribution is -0.121. The van der Waals surface area contributed by atoms with E-state index in [4.69, 9.17) is 5.73 Å². The van der Waals surface area contributed by atoms with Crippen molar-refractivity contribution >= 4 is 17.3 Å². The lowest BCUT2D eigenvalue weighted by Crippen LogP contribution is -2.49. The summed E-state index contributed by atoms with van der Waals surface area (Å²) in [6.07, 6.45) is 2.23. The number of carbonyl (C=O) groups excluding carboxylic acids is 1. The minimum absolute atomic E-state index is 0.0182. The summed E-state index contributed by atoms with van der Waals surface area (Å²) < 4.78 is 0. The van der Waals surface area contributed by atoms with Crippen LogP contribution in [0.25, 0.3) is 0 Å². The standard InChI is InChI=1S/C17H28N4O/c1-12-5-6-14(11-16(12)18)19-17(22)13(2)21(4)15-7-9-20(3)10-8-15/h5-6,11,13,15H,7-10,18H2,1-4H3,(H,19,22). The number of nitrogen functional groups attached to an aromatic ring is 1. The molecule has 1 heterocycles. The minimum atomic E-state index is -0.157. The second kappa shape index (κ2) is 7.11. The van der Waals surface area contributed by atoms with E-state index < -0.39 is 0 Å². The van der Waals surface area contributed by atoms with E-state index in [1.165, 1.54) is 0 Å². The van der Waals surface area contributed by atoms with Crippen LogP contribution in [0.4, 0.5) is 11.4 Å². The van der Waals surface area contributed by atoms with Crippen LogP contribution in [-0.4, -0.2) is 55.0 Å². The molecule has 1 saturated heterocycles. The maximum atomic E-state index is 12.5. The Morgan fingerprint density at radius 1 is 1.41 bits per heavy atom. The van der Waals surface area contributed by atoms with Crippen LogP contribution in [-0.2, 0) is 4.79 Å². The summed E-state index contributed by atoms with van der Waals surface area (Å²) in [7, 11) is 4.19. The SMILES string of the molecule is Cc1ccc(NC(=O)C(C)N(C)C2CCN(C)CC2)cc1N. The number of hydrogen-bond donors (Lipinski definition) is 2. The van der Waals surface area contributed by atoms with Crippen molar-refractivity contribution in [2.24, 2.45) is 0 Å².